The van der Waals surface area contributed by atoms with E-state index in [2.05, 4.69) is 25.9 Å². The fourth-order valence-corrected chi connectivity index (χ4v) is 2.39. The van der Waals surface area contributed by atoms with Gasteiger partial charge in [-0.2, -0.15) is 5.10 Å². The quantitative estimate of drug-likeness (QED) is 0.659. The number of halogens is 1. The van der Waals surface area contributed by atoms with Crippen molar-refractivity contribution in [3.8, 4) is 0 Å². The van der Waals surface area contributed by atoms with Gasteiger partial charge in [0.05, 0.1) is 11.2 Å². The van der Waals surface area contributed by atoms with Crippen LogP contribution in [0.4, 0.5) is 0 Å². The second-order valence-electron chi connectivity index (χ2n) is 4.68. The van der Waals surface area contributed by atoms with Crippen molar-refractivity contribution < 1.29 is 4.79 Å². The lowest BCUT2D eigenvalue weighted by Gasteiger charge is -2.14. The monoisotopic (exact) mass is 270 g/mol. The van der Waals surface area contributed by atoms with Gasteiger partial charge in [-0.15, -0.1) is 0 Å². The minimum atomic E-state index is 0.0785. The number of nitrogens with zero attached hydrogens (tertiary/aromatic N) is 2. The van der Waals surface area contributed by atoms with Gasteiger partial charge >= 0.3 is 0 Å². The number of ketones is 1. The fraction of sp³-hybridized carbons (Fsp3) is 0.714. The molecule has 1 atom stereocenters. The smallest absolute Gasteiger partial charge is 0.185 e. The van der Waals surface area contributed by atoms with Crippen LogP contribution < -0.4 is 0 Å². The largest absolute Gasteiger partial charge is 0.292 e. The van der Waals surface area contributed by atoms with E-state index >= 15 is 0 Å². The van der Waals surface area contributed by atoms with Crippen LogP contribution in [0.2, 0.25) is 5.02 Å². The van der Waals surface area contributed by atoms with Crippen molar-refractivity contribution in [1.82, 2.24) is 9.78 Å². The van der Waals surface area contributed by atoms with Crippen LogP contribution in [-0.2, 0) is 6.54 Å². The topological polar surface area (TPSA) is 34.9 Å². The van der Waals surface area contributed by atoms with E-state index in [-0.39, 0.29) is 11.7 Å². The summed E-state index contributed by atoms with van der Waals surface area (Å²) in [5.74, 6) is 0.233. The van der Waals surface area contributed by atoms with Gasteiger partial charge in [-0.05, 0) is 19.3 Å². The molecule has 0 aliphatic carbocycles. The number of Topliss-reactive ketones (excluding diaryl/α,β-unsaturated/α-hetero) is 1. The van der Waals surface area contributed by atoms with E-state index in [9.17, 15) is 4.79 Å². The Balaban J connectivity index is 2.89. The van der Waals surface area contributed by atoms with Crippen molar-refractivity contribution in [1.29, 1.82) is 0 Å². The lowest BCUT2D eigenvalue weighted by Crippen LogP contribution is -2.19. The molecule has 0 fully saturated rings. The van der Waals surface area contributed by atoms with Crippen molar-refractivity contribution in [2.45, 2.75) is 59.4 Å². The minimum absolute atomic E-state index is 0.0785. The molecule has 0 aliphatic rings. The van der Waals surface area contributed by atoms with Crippen molar-refractivity contribution in [3.63, 3.8) is 0 Å². The van der Waals surface area contributed by atoms with Gasteiger partial charge in [0.15, 0.2) is 5.78 Å². The molecule has 102 valence electrons. The van der Waals surface area contributed by atoms with Crippen LogP contribution in [0.15, 0.2) is 6.20 Å². The zero-order valence-electron chi connectivity index (χ0n) is 11.6. The van der Waals surface area contributed by atoms with Crippen LogP contribution >= 0.6 is 11.6 Å². The molecule has 3 nitrogen and oxygen atoms in total. The van der Waals surface area contributed by atoms with Gasteiger partial charge in [0.1, 0.15) is 5.69 Å². The SMILES string of the molecule is CCCCC(CC)C(=O)c1c(Cl)cnn1CCC. The van der Waals surface area contributed by atoms with Crippen LogP contribution in [0.25, 0.3) is 0 Å². The summed E-state index contributed by atoms with van der Waals surface area (Å²) >= 11 is 6.11. The lowest BCUT2D eigenvalue weighted by molar-refractivity contribution is 0.0897. The highest BCUT2D eigenvalue weighted by molar-refractivity contribution is 6.33. The van der Waals surface area contributed by atoms with Gasteiger partial charge < -0.3 is 0 Å². The molecule has 0 amide bonds. The van der Waals surface area contributed by atoms with E-state index in [1.165, 1.54) is 0 Å². The van der Waals surface area contributed by atoms with E-state index in [0.717, 1.165) is 38.6 Å². The van der Waals surface area contributed by atoms with Gasteiger partial charge in [-0.25, -0.2) is 0 Å². The molecule has 0 saturated carbocycles. The van der Waals surface area contributed by atoms with Crippen LogP contribution in [-0.4, -0.2) is 15.6 Å². The number of aryl methyl sites for hydroxylation is 1. The molecule has 0 aromatic carbocycles. The molecular weight excluding hydrogens is 248 g/mol. The third kappa shape index (κ3) is 3.58. The molecule has 1 aromatic heterocycles. The number of hydrogen-bond acceptors (Lipinski definition) is 2. The summed E-state index contributed by atoms with van der Waals surface area (Å²) in [5, 5.41) is 4.68. The first-order valence-corrected chi connectivity index (χ1v) is 7.28. The highest BCUT2D eigenvalue weighted by Crippen LogP contribution is 2.24. The second-order valence-corrected chi connectivity index (χ2v) is 5.08. The summed E-state index contributed by atoms with van der Waals surface area (Å²) in [6.07, 6.45) is 6.54. The maximum atomic E-state index is 12.5. The third-order valence-electron chi connectivity index (χ3n) is 3.23. The predicted octanol–water partition coefficient (Wildman–Crippen LogP) is 4.35. The van der Waals surface area contributed by atoms with Crippen LogP contribution in [0, 0.1) is 5.92 Å². The molecule has 0 aliphatic heterocycles. The number of carbonyl (C=O) groups is 1. The van der Waals surface area contributed by atoms with Crippen molar-refractivity contribution >= 4 is 17.4 Å². The zero-order chi connectivity index (χ0) is 13.5. The average molecular weight is 271 g/mol. The van der Waals surface area contributed by atoms with Gasteiger partial charge in [0.25, 0.3) is 0 Å². The van der Waals surface area contributed by atoms with E-state index < -0.39 is 0 Å². The second kappa shape index (κ2) is 7.57. The van der Waals surface area contributed by atoms with Crippen molar-refractivity contribution in [2.24, 2.45) is 5.92 Å². The zero-order valence-corrected chi connectivity index (χ0v) is 12.3. The number of rotatable bonds is 8. The van der Waals surface area contributed by atoms with Gasteiger partial charge in [-0.3, -0.25) is 9.48 Å². The van der Waals surface area contributed by atoms with Crippen LogP contribution in [0.1, 0.15) is 63.4 Å². The van der Waals surface area contributed by atoms with Gasteiger partial charge in [0.2, 0.25) is 0 Å². The van der Waals surface area contributed by atoms with Gasteiger partial charge in [0, 0.05) is 12.5 Å². The van der Waals surface area contributed by atoms with E-state index in [1.54, 1.807) is 10.9 Å². The first kappa shape index (κ1) is 15.2. The summed E-state index contributed by atoms with van der Waals surface area (Å²) < 4.78 is 1.75. The highest BCUT2D eigenvalue weighted by atomic mass is 35.5. The number of hydrogen-bond donors (Lipinski definition) is 0. The maximum Gasteiger partial charge on any atom is 0.185 e. The Hall–Kier alpha value is -0.830. The molecule has 1 rings (SSSR count). The summed E-state index contributed by atoms with van der Waals surface area (Å²) in [6, 6.07) is 0. The molecule has 0 saturated heterocycles. The fourth-order valence-electron chi connectivity index (χ4n) is 2.15. The number of unbranched alkanes of at least 4 members (excludes halogenated alkanes) is 1. The predicted molar refractivity (Wildman–Crippen MR) is 75.2 cm³/mol. The minimum Gasteiger partial charge on any atom is -0.292 e. The molecule has 18 heavy (non-hydrogen) atoms. The van der Waals surface area contributed by atoms with E-state index in [4.69, 9.17) is 11.6 Å². The summed E-state index contributed by atoms with van der Waals surface area (Å²) in [6.45, 7) is 7.02. The Morgan fingerprint density at radius 1 is 1.39 bits per heavy atom. The Morgan fingerprint density at radius 2 is 2.11 bits per heavy atom. The van der Waals surface area contributed by atoms with Gasteiger partial charge in [-0.1, -0.05) is 45.2 Å². The molecule has 1 aromatic rings. The Bertz CT molecular complexity index is 387. The van der Waals surface area contributed by atoms with Crippen molar-refractivity contribution in [3.05, 3.63) is 16.9 Å². The standard InChI is InChI=1S/C14H23ClN2O/c1-4-7-8-11(6-3)14(18)13-12(15)10-16-17(13)9-5-2/h10-11H,4-9H2,1-3H3. The van der Waals surface area contributed by atoms with E-state index in [1.807, 2.05) is 0 Å². The van der Waals surface area contributed by atoms with E-state index in [0.29, 0.717) is 10.7 Å². The maximum absolute atomic E-state index is 12.5. The van der Waals surface area contributed by atoms with Crippen LogP contribution in [0.3, 0.4) is 0 Å². The lowest BCUT2D eigenvalue weighted by atomic mass is 9.93. The molecule has 0 spiro atoms. The van der Waals surface area contributed by atoms with Crippen molar-refractivity contribution in [2.75, 3.05) is 0 Å². The molecule has 4 heteroatoms. The molecule has 0 N–H and O–H groups in total. The Morgan fingerprint density at radius 3 is 2.67 bits per heavy atom. The highest BCUT2D eigenvalue weighted by Gasteiger charge is 2.24. The Kier molecular flexibility index (Phi) is 6.41. The third-order valence-corrected chi connectivity index (χ3v) is 3.51. The molecule has 1 heterocycles. The normalized spacial score (nSPS) is 12.7. The molecule has 1 unspecified atom stereocenters. The summed E-state index contributed by atoms with van der Waals surface area (Å²) in [5.41, 5.74) is 0.599. The molecular formula is C14H23ClN2O. The number of carbonyl (C=O) groups excluding carboxylic acids is 1. The first-order valence-electron chi connectivity index (χ1n) is 6.91. The first-order chi connectivity index (χ1) is 8.65. The molecule has 0 radical (unpaired) electrons. The Labute approximate surface area is 115 Å². The number of aromatic nitrogens is 2. The molecule has 0 bridgehead atoms. The van der Waals surface area contributed by atoms with Crippen LogP contribution in [0.5, 0.6) is 0 Å². The summed E-state index contributed by atoms with van der Waals surface area (Å²) in [7, 11) is 0. The summed E-state index contributed by atoms with van der Waals surface area (Å²) in [4.78, 5) is 12.5. The average Bonchev–Trinajstić information content (AvgIpc) is 2.72.